The van der Waals surface area contributed by atoms with Gasteiger partial charge in [0.25, 0.3) is 0 Å². The van der Waals surface area contributed by atoms with Crippen LogP contribution in [-0.2, 0) is 5.41 Å². The van der Waals surface area contributed by atoms with E-state index in [-0.39, 0.29) is 17.3 Å². The molecule has 3 atom stereocenters. The number of anilines is 1. The molecule has 0 saturated heterocycles. The van der Waals surface area contributed by atoms with Crippen LogP contribution in [0.1, 0.15) is 46.8 Å². The van der Waals surface area contributed by atoms with Gasteiger partial charge in [-0.2, -0.15) is 0 Å². The first-order valence-electron chi connectivity index (χ1n) is 11.8. The van der Waals surface area contributed by atoms with E-state index in [0.717, 1.165) is 29.9 Å². The van der Waals surface area contributed by atoms with E-state index in [1.165, 1.54) is 33.2 Å². The van der Waals surface area contributed by atoms with Gasteiger partial charge in [0.2, 0.25) is 0 Å². The Kier molecular flexibility index (Phi) is 3.90. The van der Waals surface area contributed by atoms with Crippen molar-refractivity contribution >= 4 is 22.7 Å². The first kappa shape index (κ1) is 18.8. The number of furan rings is 1. The molecule has 4 aromatic rings. The fraction of sp³-hybridized carbons (Fsp3) is 0.161. The van der Waals surface area contributed by atoms with E-state index in [1.807, 2.05) is 6.07 Å². The Labute approximate surface area is 193 Å². The van der Waals surface area contributed by atoms with Gasteiger partial charge < -0.3 is 10.2 Å². The zero-order valence-electron chi connectivity index (χ0n) is 18.4. The third-order valence-electron chi connectivity index (χ3n) is 7.86. The number of rotatable bonds is 2. The molecule has 160 valence electrons. The van der Waals surface area contributed by atoms with Crippen LogP contribution in [0.2, 0.25) is 0 Å². The van der Waals surface area contributed by atoms with Crippen molar-refractivity contribution in [1.82, 2.24) is 0 Å². The molecule has 3 aliphatic rings. The number of fused-ring (bicyclic) bond motifs is 7. The number of benzene rings is 3. The minimum Gasteiger partial charge on any atom is -0.460 e. The van der Waals surface area contributed by atoms with E-state index < -0.39 is 0 Å². The molecule has 1 heterocycles. The fourth-order valence-corrected chi connectivity index (χ4v) is 6.61. The highest BCUT2D eigenvalue weighted by Gasteiger charge is 2.56. The molecule has 2 N–H and O–H groups in total. The third-order valence-corrected chi connectivity index (χ3v) is 7.86. The van der Waals surface area contributed by atoms with Crippen LogP contribution < -0.4 is 5.73 Å². The highest BCUT2D eigenvalue weighted by atomic mass is 16.3. The van der Waals surface area contributed by atoms with Crippen LogP contribution in [0.25, 0.3) is 17.0 Å². The van der Waals surface area contributed by atoms with Crippen LogP contribution in [0.4, 0.5) is 5.69 Å². The molecule has 1 aromatic heterocycles. The van der Waals surface area contributed by atoms with Gasteiger partial charge >= 0.3 is 0 Å². The standard InChI is InChI=1S/C31H25NO/c32-22-15-16-25-27(19-22)31(20-9-3-1-4-10-20,21-11-5-2-6-12-21)26-18-17-24-23-13-7-8-14-28(23)33-30(24)29(25)26/h1-5,7-11,13-19,26,29H,6,12,32H2. The lowest BCUT2D eigenvalue weighted by Gasteiger charge is -2.41. The highest BCUT2D eigenvalue weighted by Crippen LogP contribution is 2.63. The molecular weight excluding hydrogens is 402 g/mol. The summed E-state index contributed by atoms with van der Waals surface area (Å²) in [4.78, 5) is 0. The Morgan fingerprint density at radius 3 is 2.64 bits per heavy atom. The SMILES string of the molecule is Nc1ccc2c(c1)C(C1=CC=CCC1)(c1ccccc1)C1C=Cc3c(oc4ccccc34)C21. The summed E-state index contributed by atoms with van der Waals surface area (Å²) in [5.41, 5.74) is 14.6. The maximum Gasteiger partial charge on any atom is 0.134 e. The molecule has 3 aromatic carbocycles. The summed E-state index contributed by atoms with van der Waals surface area (Å²) in [5, 5.41) is 1.19. The first-order valence-corrected chi connectivity index (χ1v) is 11.8. The molecule has 0 saturated carbocycles. The molecule has 3 unspecified atom stereocenters. The Balaban J connectivity index is 1.59. The predicted molar refractivity (Wildman–Crippen MR) is 135 cm³/mol. The van der Waals surface area contributed by atoms with Gasteiger partial charge in [-0.15, -0.1) is 0 Å². The number of para-hydroxylation sites is 1. The number of hydrogen-bond donors (Lipinski definition) is 1. The average Bonchev–Trinajstić information content (AvgIpc) is 3.38. The summed E-state index contributed by atoms with van der Waals surface area (Å²) in [5.74, 6) is 1.46. The van der Waals surface area contributed by atoms with Crippen molar-refractivity contribution < 1.29 is 4.42 Å². The van der Waals surface area contributed by atoms with Crippen LogP contribution in [0.3, 0.4) is 0 Å². The van der Waals surface area contributed by atoms with Gasteiger partial charge in [-0.25, -0.2) is 0 Å². The second kappa shape index (κ2) is 6.86. The van der Waals surface area contributed by atoms with Gasteiger partial charge in [0.1, 0.15) is 11.3 Å². The second-order valence-corrected chi connectivity index (χ2v) is 9.42. The van der Waals surface area contributed by atoms with Gasteiger partial charge in [-0.05, 0) is 47.7 Å². The van der Waals surface area contributed by atoms with E-state index >= 15 is 0 Å². The summed E-state index contributed by atoms with van der Waals surface area (Å²) < 4.78 is 6.59. The van der Waals surface area contributed by atoms with Crippen LogP contribution >= 0.6 is 0 Å². The van der Waals surface area contributed by atoms with Crippen molar-refractivity contribution in [2.75, 3.05) is 5.73 Å². The lowest BCUT2D eigenvalue weighted by Crippen LogP contribution is -2.37. The molecule has 0 spiro atoms. The number of allylic oxidation sites excluding steroid dienone is 5. The zero-order valence-corrected chi connectivity index (χ0v) is 18.4. The maximum absolute atomic E-state index is 6.59. The molecule has 2 heteroatoms. The largest absolute Gasteiger partial charge is 0.460 e. The molecule has 33 heavy (non-hydrogen) atoms. The lowest BCUT2D eigenvalue weighted by molar-refractivity contribution is 0.391. The molecule has 0 bridgehead atoms. The molecule has 0 aliphatic heterocycles. The van der Waals surface area contributed by atoms with Gasteiger partial charge in [-0.1, -0.05) is 90.6 Å². The first-order chi connectivity index (χ1) is 16.3. The Morgan fingerprint density at radius 2 is 1.79 bits per heavy atom. The second-order valence-electron chi connectivity index (χ2n) is 9.42. The van der Waals surface area contributed by atoms with E-state index in [9.17, 15) is 0 Å². The summed E-state index contributed by atoms with van der Waals surface area (Å²) in [7, 11) is 0. The summed E-state index contributed by atoms with van der Waals surface area (Å²) >= 11 is 0. The molecule has 7 rings (SSSR count). The molecule has 0 radical (unpaired) electrons. The Hall–Kier alpha value is -3.78. The average molecular weight is 428 g/mol. The molecule has 2 nitrogen and oxygen atoms in total. The van der Waals surface area contributed by atoms with Crippen LogP contribution in [0.5, 0.6) is 0 Å². The quantitative estimate of drug-likeness (QED) is 0.339. The number of nitrogens with two attached hydrogens (primary N) is 1. The van der Waals surface area contributed by atoms with Crippen molar-refractivity contribution in [1.29, 1.82) is 0 Å². The van der Waals surface area contributed by atoms with Crippen molar-refractivity contribution in [3.63, 3.8) is 0 Å². The zero-order chi connectivity index (χ0) is 22.0. The number of hydrogen-bond acceptors (Lipinski definition) is 2. The normalized spacial score (nSPS) is 24.9. The lowest BCUT2D eigenvalue weighted by atomic mass is 9.61. The van der Waals surface area contributed by atoms with Crippen molar-refractivity contribution in [3.05, 3.63) is 131 Å². The van der Waals surface area contributed by atoms with Crippen LogP contribution in [0.15, 0.2) is 107 Å². The maximum atomic E-state index is 6.59. The van der Waals surface area contributed by atoms with Crippen molar-refractivity contribution in [3.8, 4) is 0 Å². The van der Waals surface area contributed by atoms with Gasteiger partial charge in [0.05, 0.1) is 5.92 Å². The predicted octanol–water partition coefficient (Wildman–Crippen LogP) is 7.37. The minimum absolute atomic E-state index is 0.153. The Bertz CT molecular complexity index is 1490. The summed E-state index contributed by atoms with van der Waals surface area (Å²) in [6.07, 6.45) is 13.7. The van der Waals surface area contributed by atoms with Crippen molar-refractivity contribution in [2.24, 2.45) is 5.92 Å². The highest BCUT2D eigenvalue weighted by molar-refractivity contribution is 5.90. The monoisotopic (exact) mass is 427 g/mol. The van der Waals surface area contributed by atoms with Gasteiger partial charge in [0.15, 0.2) is 0 Å². The van der Waals surface area contributed by atoms with E-state index in [1.54, 1.807) is 0 Å². The van der Waals surface area contributed by atoms with Crippen LogP contribution in [-0.4, -0.2) is 0 Å². The molecular formula is C31H25NO. The Morgan fingerprint density at radius 1 is 0.939 bits per heavy atom. The fourth-order valence-electron chi connectivity index (χ4n) is 6.61. The molecule has 0 amide bonds. The summed E-state index contributed by atoms with van der Waals surface area (Å²) in [6.45, 7) is 0. The third kappa shape index (κ3) is 2.44. The smallest absolute Gasteiger partial charge is 0.134 e. The minimum atomic E-state index is -0.269. The van der Waals surface area contributed by atoms with Crippen molar-refractivity contribution in [2.45, 2.75) is 24.2 Å². The van der Waals surface area contributed by atoms with Crippen LogP contribution in [0, 0.1) is 5.92 Å². The van der Waals surface area contributed by atoms with E-state index in [2.05, 4.69) is 97.1 Å². The molecule has 0 fully saturated rings. The van der Waals surface area contributed by atoms with Gasteiger partial charge in [0, 0.05) is 28.0 Å². The van der Waals surface area contributed by atoms with E-state index in [4.69, 9.17) is 10.2 Å². The summed E-state index contributed by atoms with van der Waals surface area (Å²) in [6, 6.07) is 25.9. The van der Waals surface area contributed by atoms with Gasteiger partial charge in [-0.3, -0.25) is 0 Å². The molecule has 3 aliphatic carbocycles. The topological polar surface area (TPSA) is 39.2 Å². The number of nitrogen functional groups attached to an aromatic ring is 1. The van der Waals surface area contributed by atoms with E-state index in [0.29, 0.717) is 0 Å².